The number of aromatic amines is 1. The average Bonchev–Trinajstić information content (AvgIpc) is 2.75. The Morgan fingerprint density at radius 2 is 1.83 bits per heavy atom. The first-order valence-corrected chi connectivity index (χ1v) is 11.1. The van der Waals surface area contributed by atoms with Gasteiger partial charge in [0.15, 0.2) is 4.77 Å². The van der Waals surface area contributed by atoms with Crippen LogP contribution in [0.1, 0.15) is 44.6 Å². The number of nitrogens with zero attached hydrogens (tertiary/aromatic N) is 1. The number of unbranched alkanes of at least 4 members (excludes halogenated alkanes) is 2. The summed E-state index contributed by atoms with van der Waals surface area (Å²) in [6, 6.07) is 18.6. The van der Waals surface area contributed by atoms with E-state index in [0.29, 0.717) is 11.2 Å². The first kappa shape index (κ1) is 22.0. The Morgan fingerprint density at radius 3 is 2.67 bits per heavy atom. The van der Waals surface area contributed by atoms with Gasteiger partial charge in [-0.3, -0.25) is 4.79 Å². The summed E-state index contributed by atoms with van der Waals surface area (Å²) in [7, 11) is 0. The van der Waals surface area contributed by atoms with Crippen molar-refractivity contribution in [2.75, 3.05) is 11.9 Å². The molecule has 2 aromatic carbocycles. The minimum Gasteiger partial charge on any atom is -0.369 e. The molecule has 158 valence electrons. The van der Waals surface area contributed by atoms with Crippen molar-refractivity contribution >= 4 is 34.8 Å². The third kappa shape index (κ3) is 6.95. The van der Waals surface area contributed by atoms with Crippen LogP contribution >= 0.6 is 12.2 Å². The zero-order valence-electron chi connectivity index (χ0n) is 17.5. The molecule has 3 N–H and O–H groups in total. The summed E-state index contributed by atoms with van der Waals surface area (Å²) in [5.74, 6) is 0.963. The van der Waals surface area contributed by atoms with Gasteiger partial charge in [-0.1, -0.05) is 48.9 Å². The van der Waals surface area contributed by atoms with Crippen LogP contribution in [-0.4, -0.2) is 28.5 Å². The van der Waals surface area contributed by atoms with Crippen molar-refractivity contribution in [3.05, 3.63) is 64.9 Å². The number of H-pyrrole nitrogens is 1. The Hall–Kier alpha value is -2.73. The number of benzene rings is 2. The van der Waals surface area contributed by atoms with Crippen LogP contribution in [0.3, 0.4) is 0 Å². The zero-order valence-corrected chi connectivity index (χ0v) is 18.3. The molecule has 30 heavy (non-hydrogen) atoms. The summed E-state index contributed by atoms with van der Waals surface area (Å²) in [6.45, 7) is 2.89. The van der Waals surface area contributed by atoms with E-state index in [4.69, 9.17) is 12.2 Å². The van der Waals surface area contributed by atoms with Crippen molar-refractivity contribution < 1.29 is 4.79 Å². The minimum atomic E-state index is 0.144. The molecule has 6 heteroatoms. The van der Waals surface area contributed by atoms with E-state index in [1.165, 1.54) is 5.56 Å². The molecule has 5 nitrogen and oxygen atoms in total. The van der Waals surface area contributed by atoms with E-state index >= 15 is 0 Å². The first-order chi connectivity index (χ1) is 14.6. The number of anilines is 1. The molecule has 0 aliphatic heterocycles. The summed E-state index contributed by atoms with van der Waals surface area (Å²) in [5, 5.41) is 7.53. The lowest BCUT2D eigenvalue weighted by atomic mass is 10.1. The van der Waals surface area contributed by atoms with Gasteiger partial charge in [0.1, 0.15) is 5.82 Å². The summed E-state index contributed by atoms with van der Waals surface area (Å²) in [6.07, 6.45) is 5.39. The van der Waals surface area contributed by atoms with Crippen LogP contribution < -0.4 is 10.6 Å². The van der Waals surface area contributed by atoms with Gasteiger partial charge in [-0.05, 0) is 62.5 Å². The molecular formula is C24H30N4OS. The Morgan fingerprint density at radius 1 is 1.07 bits per heavy atom. The van der Waals surface area contributed by atoms with Gasteiger partial charge >= 0.3 is 0 Å². The van der Waals surface area contributed by atoms with Gasteiger partial charge in [0.05, 0.1) is 5.52 Å². The second kappa shape index (κ2) is 11.5. The second-order valence-corrected chi connectivity index (χ2v) is 8.05. The fourth-order valence-corrected chi connectivity index (χ4v) is 3.68. The summed E-state index contributed by atoms with van der Waals surface area (Å²) < 4.78 is 0.481. The van der Waals surface area contributed by atoms with Gasteiger partial charge in [-0.2, -0.15) is 0 Å². The number of aryl methyl sites for hydroxylation is 1. The fraction of sp³-hybridized carbons (Fsp3) is 0.375. The molecule has 0 radical (unpaired) electrons. The van der Waals surface area contributed by atoms with E-state index in [2.05, 4.69) is 51.8 Å². The van der Waals surface area contributed by atoms with Crippen molar-refractivity contribution in [3.63, 3.8) is 0 Å². The predicted octanol–water partition coefficient (Wildman–Crippen LogP) is 5.40. The van der Waals surface area contributed by atoms with Gasteiger partial charge in [-0.25, -0.2) is 4.98 Å². The molecule has 1 heterocycles. The number of amides is 1. The van der Waals surface area contributed by atoms with Crippen LogP contribution in [0.5, 0.6) is 0 Å². The average molecular weight is 423 g/mol. The van der Waals surface area contributed by atoms with Crippen molar-refractivity contribution in [1.29, 1.82) is 0 Å². The molecule has 0 aliphatic carbocycles. The highest BCUT2D eigenvalue weighted by atomic mass is 32.1. The number of aromatic nitrogens is 2. The van der Waals surface area contributed by atoms with Crippen LogP contribution in [0.4, 0.5) is 5.82 Å². The highest BCUT2D eigenvalue weighted by Gasteiger charge is 2.08. The van der Waals surface area contributed by atoms with Crippen molar-refractivity contribution in [2.24, 2.45) is 0 Å². The van der Waals surface area contributed by atoms with Crippen LogP contribution in [0.2, 0.25) is 0 Å². The molecule has 0 saturated heterocycles. The standard InChI is InChI=1S/C24H30N4OS/c1-18(15-16-19-10-4-2-5-11-19)26-22(29)14-6-3-9-17-25-23-20-12-7-8-13-21(20)27-24(30)28-23/h2,4-5,7-8,10-13,18H,3,6,9,14-17H2,1H3,(H,26,29)(H2,25,27,28,30)/t18-/m0/s1. The molecular weight excluding hydrogens is 392 g/mol. The van der Waals surface area contributed by atoms with Gasteiger partial charge in [0.2, 0.25) is 5.91 Å². The number of carbonyl (C=O) groups is 1. The van der Waals surface area contributed by atoms with Crippen molar-refractivity contribution in [2.45, 2.75) is 51.5 Å². The maximum Gasteiger partial charge on any atom is 0.220 e. The molecule has 0 saturated carbocycles. The quantitative estimate of drug-likeness (QED) is 0.286. The fourth-order valence-electron chi connectivity index (χ4n) is 3.48. The van der Waals surface area contributed by atoms with E-state index in [1.54, 1.807) is 0 Å². The van der Waals surface area contributed by atoms with Gasteiger partial charge in [0.25, 0.3) is 0 Å². The van der Waals surface area contributed by atoms with E-state index in [-0.39, 0.29) is 11.9 Å². The lowest BCUT2D eigenvalue weighted by Crippen LogP contribution is -2.32. The summed E-state index contributed by atoms with van der Waals surface area (Å²) in [5.41, 5.74) is 2.30. The maximum atomic E-state index is 12.2. The Bertz CT molecular complexity index is 1000. The molecule has 3 rings (SSSR count). The third-order valence-corrected chi connectivity index (χ3v) is 5.32. The number of nitrogens with one attached hydrogen (secondary N) is 3. The van der Waals surface area contributed by atoms with Crippen molar-refractivity contribution in [1.82, 2.24) is 15.3 Å². The number of rotatable bonds is 11. The third-order valence-electron chi connectivity index (χ3n) is 5.13. The van der Waals surface area contributed by atoms with Crippen LogP contribution in [0.15, 0.2) is 54.6 Å². The molecule has 0 spiro atoms. The second-order valence-electron chi connectivity index (χ2n) is 7.67. The molecule has 3 aromatic rings. The monoisotopic (exact) mass is 422 g/mol. The molecule has 1 amide bonds. The molecule has 0 aliphatic rings. The van der Waals surface area contributed by atoms with Crippen LogP contribution in [0, 0.1) is 4.77 Å². The van der Waals surface area contributed by atoms with Crippen LogP contribution in [0.25, 0.3) is 10.9 Å². The van der Waals surface area contributed by atoms with E-state index in [1.807, 2.05) is 30.3 Å². The highest BCUT2D eigenvalue weighted by molar-refractivity contribution is 7.71. The number of hydrogen-bond acceptors (Lipinski definition) is 4. The maximum absolute atomic E-state index is 12.2. The minimum absolute atomic E-state index is 0.144. The number of hydrogen-bond donors (Lipinski definition) is 3. The van der Waals surface area contributed by atoms with E-state index in [9.17, 15) is 4.79 Å². The SMILES string of the molecule is C[C@@H](CCc1ccccc1)NC(=O)CCCCCNc1nc(=S)[nH]c2ccccc12. The molecule has 0 fully saturated rings. The Balaban J connectivity index is 1.31. The smallest absolute Gasteiger partial charge is 0.220 e. The predicted molar refractivity (Wildman–Crippen MR) is 126 cm³/mol. The van der Waals surface area contributed by atoms with Crippen LogP contribution in [-0.2, 0) is 11.2 Å². The summed E-state index contributed by atoms with van der Waals surface area (Å²) >= 11 is 5.21. The largest absolute Gasteiger partial charge is 0.369 e. The zero-order chi connectivity index (χ0) is 21.2. The van der Waals surface area contributed by atoms with E-state index in [0.717, 1.165) is 55.4 Å². The topological polar surface area (TPSA) is 69.8 Å². The summed E-state index contributed by atoms with van der Waals surface area (Å²) in [4.78, 5) is 19.7. The Kier molecular flexibility index (Phi) is 8.39. The lowest BCUT2D eigenvalue weighted by Gasteiger charge is -2.14. The number of carbonyl (C=O) groups excluding carboxylic acids is 1. The van der Waals surface area contributed by atoms with E-state index < -0.39 is 0 Å². The molecule has 0 unspecified atom stereocenters. The number of para-hydroxylation sites is 1. The normalized spacial score (nSPS) is 11.9. The van der Waals surface area contributed by atoms with Gasteiger partial charge in [0, 0.05) is 24.4 Å². The highest BCUT2D eigenvalue weighted by Crippen LogP contribution is 2.19. The van der Waals surface area contributed by atoms with Gasteiger partial charge in [-0.15, -0.1) is 0 Å². The molecule has 1 atom stereocenters. The Labute approximate surface area is 183 Å². The molecule has 0 bridgehead atoms. The molecule has 1 aromatic heterocycles. The first-order valence-electron chi connectivity index (χ1n) is 10.7. The van der Waals surface area contributed by atoms with Crippen molar-refractivity contribution in [3.8, 4) is 0 Å². The number of fused-ring (bicyclic) bond motifs is 1. The van der Waals surface area contributed by atoms with Gasteiger partial charge < -0.3 is 15.6 Å². The lowest BCUT2D eigenvalue weighted by molar-refractivity contribution is -0.121.